The summed E-state index contributed by atoms with van der Waals surface area (Å²) in [4.78, 5) is 24.0. The number of nitrogens with zero attached hydrogens (tertiary/aromatic N) is 1. The first-order valence-electron chi connectivity index (χ1n) is 5.04. The van der Waals surface area contributed by atoms with E-state index in [0.29, 0.717) is 0 Å². The molecule has 1 aliphatic heterocycles. The van der Waals surface area contributed by atoms with Gasteiger partial charge in [-0.3, -0.25) is 20.4 Å². The molecule has 2 rings (SSSR count). The van der Waals surface area contributed by atoms with Crippen molar-refractivity contribution in [1.82, 2.24) is 10.2 Å². The first kappa shape index (κ1) is 11.1. The Labute approximate surface area is 98.2 Å². The van der Waals surface area contributed by atoms with Crippen molar-refractivity contribution in [2.45, 2.75) is 0 Å². The lowest BCUT2D eigenvalue weighted by Gasteiger charge is -2.24. The van der Waals surface area contributed by atoms with Gasteiger partial charge in [0.05, 0.1) is 5.57 Å². The highest BCUT2D eigenvalue weighted by Gasteiger charge is 2.30. The molecule has 5 heteroatoms. The molecule has 2 N–H and O–H groups in total. The van der Waals surface area contributed by atoms with Crippen molar-refractivity contribution in [3.05, 3.63) is 41.5 Å². The molecule has 1 heterocycles. The van der Waals surface area contributed by atoms with Gasteiger partial charge in [-0.2, -0.15) is 0 Å². The Morgan fingerprint density at radius 2 is 1.88 bits per heavy atom. The summed E-state index contributed by atoms with van der Waals surface area (Å²) in [5, 5.41) is 9.91. The number of hydrogen-bond acceptors (Lipinski definition) is 3. The van der Waals surface area contributed by atoms with Crippen molar-refractivity contribution in [2.75, 3.05) is 7.05 Å². The van der Waals surface area contributed by atoms with E-state index >= 15 is 0 Å². The average Bonchev–Trinajstić information content (AvgIpc) is 2.33. The molecule has 3 amide bonds. The fraction of sp³-hybridized carbons (Fsp3) is 0.0833. The van der Waals surface area contributed by atoms with Gasteiger partial charge in [0.1, 0.15) is 5.84 Å². The van der Waals surface area contributed by atoms with Gasteiger partial charge in [0.15, 0.2) is 0 Å². The molecule has 0 saturated carbocycles. The zero-order valence-electron chi connectivity index (χ0n) is 9.23. The lowest BCUT2D eigenvalue weighted by atomic mass is 10.1. The lowest BCUT2D eigenvalue weighted by molar-refractivity contribution is -0.123. The summed E-state index contributed by atoms with van der Waals surface area (Å²) < 4.78 is 0. The second-order valence-corrected chi connectivity index (χ2v) is 3.64. The van der Waals surface area contributed by atoms with Gasteiger partial charge < -0.3 is 0 Å². The predicted molar refractivity (Wildman–Crippen MR) is 63.4 cm³/mol. The minimum atomic E-state index is -0.579. The van der Waals surface area contributed by atoms with Crippen molar-refractivity contribution < 1.29 is 9.59 Å². The van der Waals surface area contributed by atoms with E-state index in [2.05, 4.69) is 5.32 Å². The Balaban J connectivity index is 2.38. The SMILES string of the molecule is CN1C(=O)NC(=N)/C(=C\c2ccccc2)C1=O. The molecule has 1 fully saturated rings. The number of nitrogens with one attached hydrogen (secondary N) is 2. The molecule has 0 spiro atoms. The first-order chi connectivity index (χ1) is 8.09. The molecule has 0 radical (unpaired) electrons. The number of amides is 3. The van der Waals surface area contributed by atoms with E-state index in [1.807, 2.05) is 30.3 Å². The fourth-order valence-corrected chi connectivity index (χ4v) is 1.49. The zero-order chi connectivity index (χ0) is 12.4. The van der Waals surface area contributed by atoms with Gasteiger partial charge in [0.25, 0.3) is 5.91 Å². The van der Waals surface area contributed by atoms with Crippen molar-refractivity contribution in [3.8, 4) is 0 Å². The van der Waals surface area contributed by atoms with E-state index < -0.39 is 11.9 Å². The van der Waals surface area contributed by atoms with Crippen molar-refractivity contribution in [2.24, 2.45) is 0 Å². The molecule has 0 unspecified atom stereocenters. The smallest absolute Gasteiger partial charge is 0.292 e. The summed E-state index contributed by atoms with van der Waals surface area (Å²) in [7, 11) is 1.38. The molecular formula is C12H11N3O2. The molecule has 17 heavy (non-hydrogen) atoms. The van der Waals surface area contributed by atoms with Gasteiger partial charge in [0.2, 0.25) is 0 Å². The largest absolute Gasteiger partial charge is 0.329 e. The topological polar surface area (TPSA) is 73.3 Å². The Morgan fingerprint density at radius 3 is 2.53 bits per heavy atom. The van der Waals surface area contributed by atoms with Gasteiger partial charge in [-0.05, 0) is 11.6 Å². The minimum absolute atomic E-state index is 0.165. The Morgan fingerprint density at radius 1 is 1.24 bits per heavy atom. The van der Waals surface area contributed by atoms with Crippen LogP contribution in [-0.4, -0.2) is 29.7 Å². The van der Waals surface area contributed by atoms with E-state index in [1.54, 1.807) is 6.08 Å². The molecule has 5 nitrogen and oxygen atoms in total. The summed E-state index contributed by atoms with van der Waals surface area (Å²) in [6, 6.07) is 8.61. The van der Waals surface area contributed by atoms with Crippen LogP contribution in [0.3, 0.4) is 0 Å². The zero-order valence-corrected chi connectivity index (χ0v) is 9.23. The number of likely N-dealkylation sites (N-methyl/N-ethyl adjacent to an activating group) is 1. The number of amidine groups is 1. The highest BCUT2D eigenvalue weighted by molar-refractivity contribution is 6.31. The van der Waals surface area contributed by atoms with E-state index in [9.17, 15) is 9.59 Å². The maximum Gasteiger partial charge on any atom is 0.329 e. The number of hydrogen-bond donors (Lipinski definition) is 2. The van der Waals surface area contributed by atoms with Crippen LogP contribution in [0.5, 0.6) is 0 Å². The second-order valence-electron chi connectivity index (χ2n) is 3.64. The molecule has 86 valence electrons. The normalized spacial score (nSPS) is 18.5. The van der Waals surface area contributed by atoms with Crippen LogP contribution >= 0.6 is 0 Å². The Kier molecular flexibility index (Phi) is 2.74. The third-order valence-electron chi connectivity index (χ3n) is 2.45. The number of imide groups is 1. The van der Waals surface area contributed by atoms with Crippen LogP contribution in [0.1, 0.15) is 5.56 Å². The van der Waals surface area contributed by atoms with E-state index in [4.69, 9.17) is 5.41 Å². The monoisotopic (exact) mass is 229 g/mol. The van der Waals surface area contributed by atoms with E-state index in [-0.39, 0.29) is 11.4 Å². The summed E-state index contributed by atoms with van der Waals surface area (Å²) >= 11 is 0. The van der Waals surface area contributed by atoms with Crippen LogP contribution in [0.25, 0.3) is 6.08 Å². The lowest BCUT2D eigenvalue weighted by Crippen LogP contribution is -2.51. The van der Waals surface area contributed by atoms with Gasteiger partial charge >= 0.3 is 6.03 Å². The fourth-order valence-electron chi connectivity index (χ4n) is 1.49. The predicted octanol–water partition coefficient (Wildman–Crippen LogP) is 1.23. The number of carbonyl (C=O) groups excluding carboxylic acids is 2. The Hall–Kier alpha value is -2.43. The van der Waals surface area contributed by atoms with Gasteiger partial charge in [-0.25, -0.2) is 4.79 Å². The Bertz CT molecular complexity index is 520. The summed E-state index contributed by atoms with van der Waals surface area (Å²) in [6.07, 6.45) is 1.58. The van der Waals surface area contributed by atoms with Crippen LogP contribution < -0.4 is 5.32 Å². The summed E-state index contributed by atoms with van der Waals surface area (Å²) in [6.45, 7) is 0. The second kappa shape index (κ2) is 4.21. The number of carbonyl (C=O) groups is 2. The average molecular weight is 229 g/mol. The molecule has 0 atom stereocenters. The molecule has 1 aromatic carbocycles. The molecule has 1 aliphatic rings. The molecule has 0 aliphatic carbocycles. The molecular weight excluding hydrogens is 218 g/mol. The first-order valence-corrected chi connectivity index (χ1v) is 5.04. The highest BCUT2D eigenvalue weighted by Crippen LogP contribution is 2.12. The van der Waals surface area contributed by atoms with Crippen molar-refractivity contribution >= 4 is 23.8 Å². The summed E-state index contributed by atoms with van der Waals surface area (Å²) in [5.41, 5.74) is 0.989. The van der Waals surface area contributed by atoms with Gasteiger partial charge in [-0.15, -0.1) is 0 Å². The highest BCUT2D eigenvalue weighted by atomic mass is 16.2. The molecule has 0 bridgehead atoms. The molecule has 0 aromatic heterocycles. The van der Waals surface area contributed by atoms with Crippen LogP contribution in [0.2, 0.25) is 0 Å². The third kappa shape index (κ3) is 2.08. The van der Waals surface area contributed by atoms with Gasteiger partial charge in [0, 0.05) is 7.05 Å². The van der Waals surface area contributed by atoms with Crippen LogP contribution in [0, 0.1) is 5.41 Å². The number of rotatable bonds is 1. The standard InChI is InChI=1S/C12H11N3O2/c1-15-11(16)9(10(13)14-12(15)17)7-8-5-3-2-4-6-8/h2-7H,1H3,(H2,13,14,17)/b9-7+. The molecule has 1 aromatic rings. The number of urea groups is 1. The van der Waals surface area contributed by atoms with Crippen LogP contribution in [0.15, 0.2) is 35.9 Å². The van der Waals surface area contributed by atoms with Crippen molar-refractivity contribution in [1.29, 1.82) is 5.41 Å². The third-order valence-corrected chi connectivity index (χ3v) is 2.45. The van der Waals surface area contributed by atoms with Crippen LogP contribution in [0.4, 0.5) is 4.79 Å². The van der Waals surface area contributed by atoms with Crippen LogP contribution in [-0.2, 0) is 4.79 Å². The molecule has 1 saturated heterocycles. The van der Waals surface area contributed by atoms with E-state index in [0.717, 1.165) is 10.5 Å². The minimum Gasteiger partial charge on any atom is -0.292 e. The van der Waals surface area contributed by atoms with E-state index in [1.165, 1.54) is 7.05 Å². The maximum absolute atomic E-state index is 11.8. The maximum atomic E-state index is 11.8. The van der Waals surface area contributed by atoms with Gasteiger partial charge in [-0.1, -0.05) is 30.3 Å². The quantitative estimate of drug-likeness (QED) is 0.711. The van der Waals surface area contributed by atoms with Crippen molar-refractivity contribution in [3.63, 3.8) is 0 Å². The number of benzene rings is 1. The summed E-state index contributed by atoms with van der Waals surface area (Å²) in [5.74, 6) is -0.635.